The van der Waals surface area contributed by atoms with Crippen LogP contribution in [0.1, 0.15) is 42.9 Å². The van der Waals surface area contributed by atoms with Gasteiger partial charge in [-0.25, -0.2) is 0 Å². The number of piperidine rings is 1. The third-order valence-corrected chi connectivity index (χ3v) is 5.33. The summed E-state index contributed by atoms with van der Waals surface area (Å²) in [6.45, 7) is 7.80. The first-order valence-electron chi connectivity index (χ1n) is 8.77. The van der Waals surface area contributed by atoms with E-state index in [1.807, 2.05) is 22.2 Å². The molecule has 25 heavy (non-hydrogen) atoms. The first-order valence-corrected chi connectivity index (χ1v) is 9.15. The van der Waals surface area contributed by atoms with Crippen LogP contribution in [0.25, 0.3) is 5.65 Å². The Hall–Kier alpha value is -1.99. The lowest BCUT2D eigenvalue weighted by Gasteiger charge is -2.31. The second-order valence-corrected chi connectivity index (χ2v) is 6.99. The highest BCUT2D eigenvalue weighted by Gasteiger charge is 2.23. The van der Waals surface area contributed by atoms with E-state index in [1.54, 1.807) is 6.20 Å². The van der Waals surface area contributed by atoms with Crippen LogP contribution in [0.5, 0.6) is 0 Å². The van der Waals surface area contributed by atoms with Crippen LogP contribution in [0.15, 0.2) is 18.3 Å². The lowest BCUT2D eigenvalue weighted by molar-refractivity contribution is 0.197. The highest BCUT2D eigenvalue weighted by Crippen LogP contribution is 2.28. The summed E-state index contributed by atoms with van der Waals surface area (Å²) < 4.78 is 3.82. The van der Waals surface area contributed by atoms with Gasteiger partial charge in [0.2, 0.25) is 0 Å². The fourth-order valence-corrected chi connectivity index (χ4v) is 3.75. The average Bonchev–Trinajstić information content (AvgIpc) is 3.19. The Morgan fingerprint density at radius 2 is 2.00 bits per heavy atom. The summed E-state index contributed by atoms with van der Waals surface area (Å²) in [7, 11) is 0. The summed E-state index contributed by atoms with van der Waals surface area (Å²) in [5, 5.41) is 18.0. The van der Waals surface area contributed by atoms with Gasteiger partial charge in [-0.2, -0.15) is 14.7 Å². The maximum absolute atomic E-state index is 6.29. The number of rotatable bonds is 4. The van der Waals surface area contributed by atoms with Gasteiger partial charge in [-0.1, -0.05) is 11.6 Å². The molecule has 0 amide bonds. The third-order valence-electron chi connectivity index (χ3n) is 5.02. The largest absolute Gasteiger partial charge is 0.297 e. The van der Waals surface area contributed by atoms with Gasteiger partial charge in [-0.15, -0.1) is 10.2 Å². The molecule has 0 unspecified atom stereocenters. The number of hydrogen-bond acceptors (Lipinski definition) is 5. The fourth-order valence-electron chi connectivity index (χ4n) is 3.54. The minimum atomic E-state index is 0.481. The predicted molar refractivity (Wildman–Crippen MR) is 95.7 cm³/mol. The van der Waals surface area contributed by atoms with Crippen LogP contribution in [-0.2, 0) is 13.1 Å². The molecule has 1 aliphatic heterocycles. The minimum Gasteiger partial charge on any atom is -0.297 e. The number of halogens is 1. The fraction of sp³-hybridized carbons (Fsp3) is 0.529. The lowest BCUT2D eigenvalue weighted by atomic mass is 9.93. The van der Waals surface area contributed by atoms with Crippen LogP contribution in [0.4, 0.5) is 0 Å². The van der Waals surface area contributed by atoms with Gasteiger partial charge in [0.1, 0.15) is 0 Å². The lowest BCUT2D eigenvalue weighted by Crippen LogP contribution is -2.33. The van der Waals surface area contributed by atoms with E-state index in [0.717, 1.165) is 66.9 Å². The number of fused-ring (bicyclic) bond motifs is 1. The van der Waals surface area contributed by atoms with Crippen LogP contribution in [0.3, 0.4) is 0 Å². The topological polar surface area (TPSA) is 64.1 Å². The highest BCUT2D eigenvalue weighted by molar-refractivity contribution is 6.31. The summed E-state index contributed by atoms with van der Waals surface area (Å²) in [4.78, 5) is 2.45. The molecule has 8 heteroatoms. The molecule has 0 aliphatic carbocycles. The summed E-state index contributed by atoms with van der Waals surface area (Å²) >= 11 is 6.29. The average molecular weight is 360 g/mol. The molecule has 4 rings (SSSR count). The molecule has 7 nitrogen and oxygen atoms in total. The highest BCUT2D eigenvalue weighted by atomic mass is 35.5. The van der Waals surface area contributed by atoms with Gasteiger partial charge < -0.3 is 0 Å². The summed E-state index contributed by atoms with van der Waals surface area (Å²) in [5.41, 5.74) is 3.05. The Morgan fingerprint density at radius 3 is 2.76 bits per heavy atom. The van der Waals surface area contributed by atoms with E-state index < -0.39 is 0 Å². The van der Waals surface area contributed by atoms with E-state index in [2.05, 4.69) is 33.2 Å². The molecule has 0 saturated carbocycles. The number of nitrogens with zero attached hydrogens (tertiary/aromatic N) is 7. The molecule has 132 valence electrons. The van der Waals surface area contributed by atoms with E-state index >= 15 is 0 Å². The second-order valence-electron chi connectivity index (χ2n) is 6.58. The number of aromatic nitrogens is 6. The van der Waals surface area contributed by atoms with E-state index in [1.165, 1.54) is 0 Å². The third kappa shape index (κ3) is 3.14. The van der Waals surface area contributed by atoms with Crippen molar-refractivity contribution in [2.24, 2.45) is 0 Å². The molecular weight excluding hydrogens is 338 g/mol. The minimum absolute atomic E-state index is 0.481. The molecule has 1 aliphatic rings. The van der Waals surface area contributed by atoms with Crippen molar-refractivity contribution in [1.82, 2.24) is 34.5 Å². The molecule has 1 fully saturated rings. The predicted octanol–water partition coefficient (Wildman–Crippen LogP) is 2.68. The van der Waals surface area contributed by atoms with Gasteiger partial charge in [0.15, 0.2) is 11.5 Å². The van der Waals surface area contributed by atoms with Crippen LogP contribution >= 0.6 is 11.6 Å². The Labute approximate surface area is 151 Å². The van der Waals surface area contributed by atoms with Gasteiger partial charge in [-0.05, 0) is 51.9 Å². The number of likely N-dealkylation sites (tertiary alicyclic amines) is 1. The van der Waals surface area contributed by atoms with Crippen LogP contribution in [0.2, 0.25) is 5.02 Å². The summed E-state index contributed by atoms with van der Waals surface area (Å²) in [6.07, 6.45) is 3.93. The van der Waals surface area contributed by atoms with E-state index in [4.69, 9.17) is 16.7 Å². The Morgan fingerprint density at radius 1 is 1.20 bits per heavy atom. The van der Waals surface area contributed by atoms with Crippen LogP contribution < -0.4 is 0 Å². The summed E-state index contributed by atoms with van der Waals surface area (Å²) in [5.74, 6) is 1.31. The van der Waals surface area contributed by atoms with Gasteiger partial charge >= 0.3 is 0 Å². The van der Waals surface area contributed by atoms with Crippen molar-refractivity contribution in [3.63, 3.8) is 0 Å². The van der Waals surface area contributed by atoms with Crippen LogP contribution in [-0.4, -0.2) is 47.6 Å². The van der Waals surface area contributed by atoms with Crippen molar-refractivity contribution in [3.8, 4) is 0 Å². The van der Waals surface area contributed by atoms with E-state index in [0.29, 0.717) is 5.92 Å². The molecule has 0 spiro atoms. The van der Waals surface area contributed by atoms with Crippen molar-refractivity contribution >= 4 is 17.2 Å². The maximum atomic E-state index is 6.29. The molecule has 0 N–H and O–H groups in total. The van der Waals surface area contributed by atoms with Crippen molar-refractivity contribution in [1.29, 1.82) is 0 Å². The maximum Gasteiger partial charge on any atom is 0.177 e. The van der Waals surface area contributed by atoms with Gasteiger partial charge in [0.05, 0.1) is 22.6 Å². The molecule has 0 aromatic carbocycles. The zero-order valence-corrected chi connectivity index (χ0v) is 15.3. The SMILES string of the molecule is CCn1ncc(Cl)c1CN1CCC(c2ccc3nnc(C)n3n2)CC1. The molecule has 0 radical (unpaired) electrons. The Balaban J connectivity index is 1.43. The van der Waals surface area contributed by atoms with E-state index in [9.17, 15) is 0 Å². The van der Waals surface area contributed by atoms with Crippen molar-refractivity contribution < 1.29 is 0 Å². The normalized spacial score (nSPS) is 16.8. The van der Waals surface area contributed by atoms with Gasteiger partial charge in [-0.3, -0.25) is 9.58 Å². The number of aryl methyl sites for hydroxylation is 2. The number of hydrogen-bond donors (Lipinski definition) is 0. The molecule has 0 atom stereocenters. The van der Waals surface area contributed by atoms with Crippen molar-refractivity contribution in [2.75, 3.05) is 13.1 Å². The standard InChI is InChI=1S/C17H22ClN7/c1-3-24-16(14(18)10-19-24)11-23-8-6-13(7-9-23)15-4-5-17-21-20-12(2)25(17)22-15/h4-5,10,13H,3,6-9,11H2,1-2H3. The van der Waals surface area contributed by atoms with Crippen molar-refractivity contribution in [2.45, 2.75) is 45.7 Å². The van der Waals surface area contributed by atoms with Crippen molar-refractivity contribution in [3.05, 3.63) is 40.6 Å². The summed E-state index contributed by atoms with van der Waals surface area (Å²) in [6, 6.07) is 4.10. The first kappa shape index (κ1) is 16.5. The smallest absolute Gasteiger partial charge is 0.177 e. The second kappa shape index (κ2) is 6.72. The zero-order valence-electron chi connectivity index (χ0n) is 14.6. The van der Waals surface area contributed by atoms with Gasteiger partial charge in [0, 0.05) is 19.0 Å². The molecule has 4 heterocycles. The Bertz CT molecular complexity index is 876. The Kier molecular flexibility index (Phi) is 4.43. The zero-order chi connectivity index (χ0) is 17.4. The molecule has 3 aromatic heterocycles. The monoisotopic (exact) mass is 359 g/mol. The molecule has 3 aromatic rings. The first-order chi connectivity index (χ1) is 12.2. The molecular formula is C17H22ClN7. The molecule has 0 bridgehead atoms. The van der Waals surface area contributed by atoms with E-state index in [-0.39, 0.29) is 0 Å². The van der Waals surface area contributed by atoms with Gasteiger partial charge in [0.25, 0.3) is 0 Å². The van der Waals surface area contributed by atoms with Crippen LogP contribution in [0, 0.1) is 6.92 Å². The molecule has 1 saturated heterocycles. The quantitative estimate of drug-likeness (QED) is 0.716.